The topological polar surface area (TPSA) is 74.6 Å². The van der Waals surface area contributed by atoms with Crippen LogP contribution in [-0.2, 0) is 4.74 Å². The summed E-state index contributed by atoms with van der Waals surface area (Å²) in [6.45, 7) is 9.72. The van der Waals surface area contributed by atoms with E-state index < -0.39 is 5.60 Å². The fourth-order valence-corrected chi connectivity index (χ4v) is 5.80. The average Bonchev–Trinajstić information content (AvgIpc) is 3.10. The number of hydrogen-bond acceptors (Lipinski definition) is 8. The molecule has 0 saturated carbocycles. The molecule has 0 radical (unpaired) electrons. The van der Waals surface area contributed by atoms with Gasteiger partial charge in [-0.2, -0.15) is 0 Å². The number of piperidine rings is 1. The van der Waals surface area contributed by atoms with Gasteiger partial charge in [0.15, 0.2) is 11.6 Å². The minimum absolute atomic E-state index is 0.114. The summed E-state index contributed by atoms with van der Waals surface area (Å²) in [6.07, 6.45) is 8.88. The summed E-state index contributed by atoms with van der Waals surface area (Å²) in [5.74, 6) is 0.965. The second kappa shape index (κ2) is 8.67. The maximum Gasteiger partial charge on any atom is 0.179 e. The molecule has 9 heteroatoms. The summed E-state index contributed by atoms with van der Waals surface area (Å²) in [5.41, 5.74) is -0.436. The number of aromatic nitrogens is 3. The van der Waals surface area contributed by atoms with Crippen LogP contribution in [0.1, 0.15) is 40.0 Å². The fourth-order valence-electron chi connectivity index (χ4n) is 5.06. The molecule has 1 atom stereocenters. The van der Waals surface area contributed by atoms with Gasteiger partial charge in [-0.25, -0.2) is 19.3 Å². The van der Waals surface area contributed by atoms with Crippen LogP contribution in [0, 0.1) is 17.2 Å². The largest absolute Gasteiger partial charge is 0.390 e. The van der Waals surface area contributed by atoms with Crippen LogP contribution in [0.15, 0.2) is 34.6 Å². The molecule has 33 heavy (non-hydrogen) atoms. The number of pyridine rings is 1. The molecule has 0 aromatic carbocycles. The van der Waals surface area contributed by atoms with Gasteiger partial charge < -0.3 is 19.6 Å². The summed E-state index contributed by atoms with van der Waals surface area (Å²) in [5, 5.41) is 10.8. The van der Waals surface area contributed by atoms with E-state index in [1.807, 2.05) is 4.90 Å². The third-order valence-electron chi connectivity index (χ3n) is 7.39. The van der Waals surface area contributed by atoms with Crippen molar-refractivity contribution < 1.29 is 14.2 Å². The first-order valence-corrected chi connectivity index (χ1v) is 12.5. The van der Waals surface area contributed by atoms with Gasteiger partial charge >= 0.3 is 0 Å². The van der Waals surface area contributed by atoms with Crippen molar-refractivity contribution in [2.24, 2.45) is 11.3 Å². The third-order valence-corrected chi connectivity index (χ3v) is 8.34. The molecule has 3 fully saturated rings. The van der Waals surface area contributed by atoms with Gasteiger partial charge in [0.25, 0.3) is 0 Å². The summed E-state index contributed by atoms with van der Waals surface area (Å²) in [6, 6.07) is 1.67. The predicted molar refractivity (Wildman–Crippen MR) is 126 cm³/mol. The first-order valence-electron chi connectivity index (χ1n) is 11.7. The minimum Gasteiger partial charge on any atom is -0.390 e. The van der Waals surface area contributed by atoms with Crippen LogP contribution in [0.3, 0.4) is 0 Å². The van der Waals surface area contributed by atoms with E-state index >= 15 is 4.39 Å². The van der Waals surface area contributed by atoms with Crippen LogP contribution < -0.4 is 9.80 Å². The SMILES string of the molecule is C[C@H]1CC2(CCN(c3cnc(Sc4ccnc(N5CC(C(C)(C)O)C5)c4F)cn3)CC2)CO1. The number of ether oxygens (including phenoxy) is 1. The lowest BCUT2D eigenvalue weighted by Crippen LogP contribution is -2.56. The Labute approximate surface area is 198 Å². The highest BCUT2D eigenvalue weighted by molar-refractivity contribution is 7.99. The monoisotopic (exact) mass is 473 g/mol. The molecule has 1 spiro atoms. The van der Waals surface area contributed by atoms with Crippen LogP contribution in [0.5, 0.6) is 0 Å². The normalized spacial score (nSPS) is 23.2. The zero-order chi connectivity index (χ0) is 23.2. The highest BCUT2D eigenvalue weighted by Gasteiger charge is 2.41. The van der Waals surface area contributed by atoms with Crippen molar-refractivity contribution in [1.29, 1.82) is 0 Å². The average molecular weight is 474 g/mol. The van der Waals surface area contributed by atoms with Crippen LogP contribution in [0.25, 0.3) is 0 Å². The molecule has 3 aliphatic rings. The van der Waals surface area contributed by atoms with Gasteiger partial charge in [0.2, 0.25) is 0 Å². The van der Waals surface area contributed by atoms with E-state index in [9.17, 15) is 5.11 Å². The second-order valence-electron chi connectivity index (χ2n) is 10.3. The number of halogens is 1. The van der Waals surface area contributed by atoms with Gasteiger partial charge in [-0.15, -0.1) is 0 Å². The summed E-state index contributed by atoms with van der Waals surface area (Å²) in [4.78, 5) is 18.0. The standard InChI is InChI=1S/C24H32FN5O2S/c1-16-10-24(15-32-16)5-8-29(9-6-24)19-11-28-20(12-27-19)33-18-4-7-26-22(21(18)25)30-13-17(14-30)23(2,3)31/h4,7,11-12,16-17,31H,5-6,8-10,13-15H2,1-3H3/t16-/m0/s1. The molecule has 3 aliphatic heterocycles. The molecule has 2 aromatic rings. The number of rotatable bonds is 5. The molecule has 2 aromatic heterocycles. The molecule has 5 heterocycles. The predicted octanol–water partition coefficient (Wildman–Crippen LogP) is 3.76. The molecule has 7 nitrogen and oxygen atoms in total. The van der Waals surface area contributed by atoms with Crippen molar-refractivity contribution in [3.8, 4) is 0 Å². The molecule has 5 rings (SSSR count). The smallest absolute Gasteiger partial charge is 0.179 e. The van der Waals surface area contributed by atoms with E-state index in [0.29, 0.717) is 40.3 Å². The molecule has 0 aliphatic carbocycles. The van der Waals surface area contributed by atoms with Crippen molar-refractivity contribution in [3.63, 3.8) is 0 Å². The van der Waals surface area contributed by atoms with Crippen LogP contribution in [-0.4, -0.2) is 64.5 Å². The Morgan fingerprint density at radius 2 is 1.91 bits per heavy atom. The van der Waals surface area contributed by atoms with E-state index in [1.54, 1.807) is 38.5 Å². The summed E-state index contributed by atoms with van der Waals surface area (Å²) in [7, 11) is 0. The lowest BCUT2D eigenvalue weighted by Gasteiger charge is -2.45. The zero-order valence-electron chi connectivity index (χ0n) is 19.5. The Hall–Kier alpha value is -1.97. The van der Waals surface area contributed by atoms with Crippen molar-refractivity contribution in [3.05, 3.63) is 30.5 Å². The lowest BCUT2D eigenvalue weighted by atomic mass is 9.77. The number of aliphatic hydroxyl groups is 1. The lowest BCUT2D eigenvalue weighted by molar-refractivity contribution is 0.00416. The summed E-state index contributed by atoms with van der Waals surface area (Å²) >= 11 is 1.26. The molecular formula is C24H32FN5O2S. The fraction of sp³-hybridized carbons (Fsp3) is 0.625. The van der Waals surface area contributed by atoms with E-state index in [2.05, 4.69) is 26.8 Å². The van der Waals surface area contributed by atoms with Gasteiger partial charge in [0.05, 0.1) is 35.6 Å². The molecule has 0 bridgehead atoms. The quantitative estimate of drug-likeness (QED) is 0.704. The molecule has 3 saturated heterocycles. The molecule has 1 N–H and O–H groups in total. The van der Waals surface area contributed by atoms with Crippen molar-refractivity contribution in [1.82, 2.24) is 15.0 Å². The molecule has 178 valence electrons. The second-order valence-corrected chi connectivity index (χ2v) is 11.4. The number of nitrogens with zero attached hydrogens (tertiary/aromatic N) is 5. The molecular weight excluding hydrogens is 441 g/mol. The van der Waals surface area contributed by atoms with Crippen molar-refractivity contribution in [2.45, 2.75) is 61.7 Å². The van der Waals surface area contributed by atoms with Gasteiger partial charge in [0, 0.05) is 38.3 Å². The van der Waals surface area contributed by atoms with Gasteiger partial charge in [0.1, 0.15) is 10.8 Å². The number of hydrogen-bond donors (Lipinski definition) is 1. The summed E-state index contributed by atoms with van der Waals surface area (Å²) < 4.78 is 21.0. The first kappa shape index (κ1) is 22.8. The Bertz CT molecular complexity index is 985. The van der Waals surface area contributed by atoms with Gasteiger partial charge in [-0.05, 0) is 51.5 Å². The van der Waals surface area contributed by atoms with Crippen molar-refractivity contribution in [2.75, 3.05) is 42.6 Å². The molecule has 0 amide bonds. The van der Waals surface area contributed by atoms with E-state index in [4.69, 9.17) is 4.74 Å². The minimum atomic E-state index is -0.769. The van der Waals surface area contributed by atoms with Crippen LogP contribution in [0.2, 0.25) is 0 Å². The van der Waals surface area contributed by atoms with Crippen molar-refractivity contribution >= 4 is 23.4 Å². The third kappa shape index (κ3) is 4.68. The highest BCUT2D eigenvalue weighted by atomic mass is 32.2. The Balaban J connectivity index is 1.21. The van der Waals surface area contributed by atoms with Crippen LogP contribution >= 0.6 is 11.8 Å². The van der Waals surface area contributed by atoms with Gasteiger partial charge in [-0.1, -0.05) is 11.8 Å². The highest BCUT2D eigenvalue weighted by Crippen LogP contribution is 2.42. The van der Waals surface area contributed by atoms with Crippen LogP contribution in [0.4, 0.5) is 16.0 Å². The number of anilines is 2. The Morgan fingerprint density at radius 1 is 1.15 bits per heavy atom. The Kier molecular flexibility index (Phi) is 5.99. The first-order chi connectivity index (χ1) is 15.7. The van der Waals surface area contributed by atoms with E-state index in [-0.39, 0.29) is 11.7 Å². The van der Waals surface area contributed by atoms with E-state index in [1.165, 1.54) is 11.8 Å². The molecule has 0 unspecified atom stereocenters. The maximum absolute atomic E-state index is 15.1. The maximum atomic E-state index is 15.1. The van der Waals surface area contributed by atoms with E-state index in [0.717, 1.165) is 44.8 Å². The van der Waals surface area contributed by atoms with Gasteiger partial charge in [-0.3, -0.25) is 0 Å². The zero-order valence-corrected chi connectivity index (χ0v) is 20.3. The Morgan fingerprint density at radius 3 is 2.52 bits per heavy atom.